The number of allylic oxidation sites excluding steroid dienone is 1. The fraction of sp³-hybridized carbons (Fsp3) is 0.150. The molecule has 12 heteroatoms. The molecule has 0 atom stereocenters. The molecule has 0 spiro atoms. The normalized spacial score (nSPS) is 12.7. The SMILES string of the molecule is CN/C=C(\C=N)NNC(=O)Nc1cc2cc(-c3cncc4c3OCCN4)nc(N)c2cn1. The summed E-state index contributed by atoms with van der Waals surface area (Å²) in [7, 11) is 1.68. The van der Waals surface area contributed by atoms with Crippen LogP contribution in [0.4, 0.5) is 22.1 Å². The average molecular weight is 434 g/mol. The van der Waals surface area contributed by atoms with E-state index in [1.165, 1.54) is 6.20 Å². The van der Waals surface area contributed by atoms with E-state index in [0.717, 1.165) is 17.3 Å². The van der Waals surface area contributed by atoms with Crippen LogP contribution in [0.15, 0.2) is 42.6 Å². The molecule has 3 aromatic heterocycles. The summed E-state index contributed by atoms with van der Waals surface area (Å²) < 4.78 is 5.82. The van der Waals surface area contributed by atoms with Crippen LogP contribution in [-0.4, -0.2) is 47.4 Å². The Morgan fingerprint density at radius 1 is 1.28 bits per heavy atom. The number of carbonyl (C=O) groups is 1. The van der Waals surface area contributed by atoms with E-state index in [-0.39, 0.29) is 0 Å². The molecule has 0 bridgehead atoms. The number of hydrazine groups is 1. The Hall–Kier alpha value is -4.61. The van der Waals surface area contributed by atoms with Crippen LogP contribution in [-0.2, 0) is 0 Å². The van der Waals surface area contributed by atoms with Gasteiger partial charge in [-0.15, -0.1) is 0 Å². The van der Waals surface area contributed by atoms with Gasteiger partial charge in [0.2, 0.25) is 0 Å². The predicted octanol–water partition coefficient (Wildman–Crippen LogP) is 1.41. The molecule has 12 nitrogen and oxygen atoms in total. The number of carbonyl (C=O) groups excluding carboxylic acids is 1. The van der Waals surface area contributed by atoms with Crippen molar-refractivity contribution >= 4 is 40.3 Å². The third kappa shape index (κ3) is 4.28. The number of anilines is 3. The van der Waals surface area contributed by atoms with Crippen molar-refractivity contribution < 1.29 is 9.53 Å². The molecule has 4 heterocycles. The molecule has 164 valence electrons. The molecule has 1 aliphatic rings. The van der Waals surface area contributed by atoms with Crippen molar-refractivity contribution in [3.63, 3.8) is 0 Å². The summed E-state index contributed by atoms with van der Waals surface area (Å²) in [5.74, 6) is 1.29. The summed E-state index contributed by atoms with van der Waals surface area (Å²) in [5.41, 5.74) is 13.7. The van der Waals surface area contributed by atoms with Crippen LogP contribution < -0.4 is 37.3 Å². The molecule has 2 amide bonds. The first-order valence-electron chi connectivity index (χ1n) is 9.71. The number of hydrogen-bond acceptors (Lipinski definition) is 10. The lowest BCUT2D eigenvalue weighted by atomic mass is 10.1. The molecular formula is C20H22N10O2. The number of pyridine rings is 3. The number of fused-ring (bicyclic) bond motifs is 2. The third-order valence-electron chi connectivity index (χ3n) is 4.60. The Morgan fingerprint density at radius 3 is 2.97 bits per heavy atom. The second-order valence-electron chi connectivity index (χ2n) is 6.76. The zero-order valence-electron chi connectivity index (χ0n) is 17.2. The number of amides is 2. The van der Waals surface area contributed by atoms with Crippen molar-refractivity contribution in [1.29, 1.82) is 5.41 Å². The Bertz CT molecular complexity index is 1210. The Balaban J connectivity index is 1.60. The minimum Gasteiger partial charge on any atom is -0.489 e. The second-order valence-corrected chi connectivity index (χ2v) is 6.76. The molecule has 0 radical (unpaired) electrons. The first-order chi connectivity index (χ1) is 15.6. The molecule has 0 unspecified atom stereocenters. The minimum absolute atomic E-state index is 0.303. The van der Waals surface area contributed by atoms with Gasteiger partial charge < -0.3 is 26.5 Å². The summed E-state index contributed by atoms with van der Waals surface area (Å²) >= 11 is 0. The minimum atomic E-state index is -0.552. The lowest BCUT2D eigenvalue weighted by Gasteiger charge is -2.21. The number of nitrogens with one attached hydrogen (secondary N) is 6. The summed E-state index contributed by atoms with van der Waals surface area (Å²) in [6.07, 6.45) is 7.51. The van der Waals surface area contributed by atoms with Crippen molar-refractivity contribution in [2.24, 2.45) is 0 Å². The largest absolute Gasteiger partial charge is 0.489 e. The lowest BCUT2D eigenvalue weighted by Crippen LogP contribution is -2.40. The smallest absolute Gasteiger partial charge is 0.339 e. The third-order valence-corrected chi connectivity index (χ3v) is 4.60. The van der Waals surface area contributed by atoms with Crippen LogP contribution in [0.5, 0.6) is 5.75 Å². The first kappa shape index (κ1) is 20.7. The van der Waals surface area contributed by atoms with Gasteiger partial charge in [-0.3, -0.25) is 21.2 Å². The molecule has 0 fully saturated rings. The standard InChI is InChI=1S/C20H22N10O2/c1-23-7-12(6-21)29-30-20(31)28-17-5-11-4-15(27-19(22)13(11)9-26-17)14-8-24-10-16-18(14)32-3-2-25-16/h4-10,21,23,25,29H,2-3H2,1H3,(H2,22,27)(H2,26,28,30,31)/b12-7+,21-6?. The van der Waals surface area contributed by atoms with Crippen molar-refractivity contribution in [3.8, 4) is 17.0 Å². The van der Waals surface area contributed by atoms with Crippen LogP contribution in [0, 0.1) is 5.41 Å². The number of nitrogens with two attached hydrogens (primary N) is 1. The van der Waals surface area contributed by atoms with Crippen molar-refractivity contribution in [2.45, 2.75) is 0 Å². The zero-order chi connectivity index (χ0) is 22.5. The molecule has 0 aliphatic carbocycles. The number of rotatable bonds is 6. The topological polar surface area (TPSA) is 175 Å². The molecule has 0 saturated carbocycles. The molecule has 8 N–H and O–H groups in total. The number of ether oxygens (including phenoxy) is 1. The first-order valence-corrected chi connectivity index (χ1v) is 9.71. The van der Waals surface area contributed by atoms with Crippen molar-refractivity contribution in [2.75, 3.05) is 36.6 Å². The van der Waals surface area contributed by atoms with Gasteiger partial charge in [-0.1, -0.05) is 0 Å². The van der Waals surface area contributed by atoms with Gasteiger partial charge >= 0.3 is 6.03 Å². The van der Waals surface area contributed by atoms with Gasteiger partial charge in [-0.25, -0.2) is 14.8 Å². The van der Waals surface area contributed by atoms with E-state index in [1.807, 2.05) is 6.07 Å². The second kappa shape index (κ2) is 9.04. The van der Waals surface area contributed by atoms with E-state index in [2.05, 4.69) is 41.8 Å². The maximum Gasteiger partial charge on any atom is 0.339 e. The quantitative estimate of drug-likeness (QED) is 0.223. The van der Waals surface area contributed by atoms with Gasteiger partial charge in [0, 0.05) is 43.8 Å². The molecule has 1 aliphatic heterocycles. The molecular weight excluding hydrogens is 412 g/mol. The van der Waals surface area contributed by atoms with Crippen LogP contribution in [0.3, 0.4) is 0 Å². The van der Waals surface area contributed by atoms with Gasteiger partial charge in [0.05, 0.1) is 28.8 Å². The summed E-state index contributed by atoms with van der Waals surface area (Å²) in [4.78, 5) is 25.2. The maximum absolute atomic E-state index is 12.2. The van der Waals surface area contributed by atoms with Crippen molar-refractivity contribution in [1.82, 2.24) is 31.1 Å². The number of hydrogen-bond donors (Lipinski definition) is 7. The van der Waals surface area contributed by atoms with E-state index in [0.29, 0.717) is 52.9 Å². The van der Waals surface area contributed by atoms with E-state index in [9.17, 15) is 4.79 Å². The average Bonchev–Trinajstić information content (AvgIpc) is 2.81. The molecule has 32 heavy (non-hydrogen) atoms. The van der Waals surface area contributed by atoms with Crippen molar-refractivity contribution in [3.05, 3.63) is 42.6 Å². The highest BCUT2D eigenvalue weighted by Gasteiger charge is 2.18. The highest BCUT2D eigenvalue weighted by molar-refractivity contribution is 5.97. The molecule has 4 rings (SSSR count). The summed E-state index contributed by atoms with van der Waals surface area (Å²) in [5, 5.41) is 17.3. The zero-order valence-corrected chi connectivity index (χ0v) is 17.2. The Kier molecular flexibility index (Phi) is 5.83. The number of urea groups is 1. The fourth-order valence-electron chi connectivity index (χ4n) is 3.18. The lowest BCUT2D eigenvalue weighted by molar-refractivity contribution is 0.249. The highest BCUT2D eigenvalue weighted by Crippen LogP contribution is 2.38. The van der Waals surface area contributed by atoms with E-state index >= 15 is 0 Å². The Morgan fingerprint density at radius 2 is 2.16 bits per heavy atom. The molecule has 0 saturated heterocycles. The predicted molar refractivity (Wildman–Crippen MR) is 122 cm³/mol. The van der Waals surface area contributed by atoms with Crippen LogP contribution in [0.2, 0.25) is 0 Å². The molecule has 0 aromatic carbocycles. The van der Waals surface area contributed by atoms with E-state index in [1.54, 1.807) is 31.7 Å². The molecule has 3 aromatic rings. The van der Waals surface area contributed by atoms with Gasteiger partial charge in [-0.05, 0) is 17.5 Å². The van der Waals surface area contributed by atoms with Gasteiger partial charge in [-0.2, -0.15) is 0 Å². The Labute approximate surface area is 183 Å². The van der Waals surface area contributed by atoms with Crippen LogP contribution in [0.1, 0.15) is 0 Å². The van der Waals surface area contributed by atoms with Gasteiger partial charge in [0.25, 0.3) is 0 Å². The van der Waals surface area contributed by atoms with Crippen LogP contribution >= 0.6 is 0 Å². The van der Waals surface area contributed by atoms with E-state index in [4.69, 9.17) is 15.9 Å². The monoisotopic (exact) mass is 434 g/mol. The van der Waals surface area contributed by atoms with Gasteiger partial charge in [0.1, 0.15) is 18.2 Å². The number of nitrogen functional groups attached to an aromatic ring is 1. The van der Waals surface area contributed by atoms with Crippen LogP contribution in [0.25, 0.3) is 22.0 Å². The number of nitrogens with zero attached hydrogens (tertiary/aromatic N) is 3. The summed E-state index contributed by atoms with van der Waals surface area (Å²) in [6.45, 7) is 1.24. The van der Waals surface area contributed by atoms with E-state index < -0.39 is 6.03 Å². The summed E-state index contributed by atoms with van der Waals surface area (Å²) in [6, 6.07) is 2.98. The van der Waals surface area contributed by atoms with Gasteiger partial charge in [0.15, 0.2) is 5.75 Å². The fourth-order valence-corrected chi connectivity index (χ4v) is 3.18. The highest BCUT2D eigenvalue weighted by atomic mass is 16.5. The number of aromatic nitrogens is 3. The maximum atomic E-state index is 12.2.